The Morgan fingerprint density at radius 3 is 2.58 bits per heavy atom. The first-order chi connectivity index (χ1) is 15.1. The number of aryl methyl sites for hydroxylation is 1. The molecule has 2 fully saturated rings. The Bertz CT molecular complexity index is 884. The highest BCUT2D eigenvalue weighted by Gasteiger charge is 2.28. The van der Waals surface area contributed by atoms with Crippen molar-refractivity contribution >= 4 is 5.91 Å². The number of hydrogen-bond donors (Lipinski definition) is 0. The largest absolute Gasteiger partial charge is 0.492 e. The Labute approximate surface area is 183 Å². The molecule has 2 aromatic rings. The van der Waals surface area contributed by atoms with Crippen LogP contribution >= 0.6 is 0 Å². The lowest BCUT2D eigenvalue weighted by atomic mass is 10.0. The number of hydrogen-bond acceptors (Lipinski definition) is 5. The van der Waals surface area contributed by atoms with Gasteiger partial charge in [0, 0.05) is 25.8 Å². The minimum atomic E-state index is -0.266. The van der Waals surface area contributed by atoms with E-state index in [9.17, 15) is 9.18 Å². The van der Waals surface area contributed by atoms with Gasteiger partial charge < -0.3 is 9.64 Å². The third kappa shape index (κ3) is 5.39. The first-order valence-electron chi connectivity index (χ1n) is 11.4. The molecule has 0 radical (unpaired) electrons. The Hall–Kier alpha value is -2.54. The molecule has 0 spiro atoms. The number of rotatable bonds is 6. The van der Waals surface area contributed by atoms with Crippen molar-refractivity contribution in [3.05, 3.63) is 53.4 Å². The van der Waals surface area contributed by atoms with Crippen LogP contribution in [0.2, 0.25) is 0 Å². The Morgan fingerprint density at radius 1 is 1.10 bits per heavy atom. The third-order valence-corrected chi connectivity index (χ3v) is 6.24. The minimum absolute atomic E-state index is 0.0527. The summed E-state index contributed by atoms with van der Waals surface area (Å²) >= 11 is 0. The average molecular weight is 427 g/mol. The fraction of sp³-hybridized carbons (Fsp3) is 0.542. The second kappa shape index (κ2) is 10.2. The van der Waals surface area contributed by atoms with Crippen LogP contribution < -0.4 is 4.74 Å². The van der Waals surface area contributed by atoms with Gasteiger partial charge in [-0.3, -0.25) is 9.69 Å². The maximum absolute atomic E-state index is 13.1. The van der Waals surface area contributed by atoms with Crippen molar-refractivity contribution < 1.29 is 13.9 Å². The lowest BCUT2D eigenvalue weighted by Crippen LogP contribution is -2.38. The molecule has 2 aliphatic heterocycles. The normalized spacial score (nSPS) is 19.9. The highest BCUT2D eigenvalue weighted by molar-refractivity contribution is 5.95. The van der Waals surface area contributed by atoms with E-state index in [2.05, 4.69) is 9.88 Å². The van der Waals surface area contributed by atoms with Crippen molar-refractivity contribution in [2.24, 2.45) is 0 Å². The van der Waals surface area contributed by atoms with E-state index in [0.717, 1.165) is 69.8 Å². The molecule has 0 bridgehead atoms. The monoisotopic (exact) mass is 426 g/mol. The van der Waals surface area contributed by atoms with Gasteiger partial charge in [-0.05, 0) is 69.8 Å². The van der Waals surface area contributed by atoms with E-state index in [4.69, 9.17) is 9.72 Å². The van der Waals surface area contributed by atoms with E-state index in [1.807, 2.05) is 11.8 Å². The molecule has 1 aromatic heterocycles. The average Bonchev–Trinajstić information content (AvgIpc) is 2.81. The molecule has 3 heterocycles. The SMILES string of the molecule is Cc1nc([C@@H]2CCCCN2CCOc2ccc(F)cc2)ncc1C(=O)N1CCCCC1. The molecule has 7 heteroatoms. The van der Waals surface area contributed by atoms with Crippen molar-refractivity contribution in [1.82, 2.24) is 19.8 Å². The van der Waals surface area contributed by atoms with Gasteiger partial charge in [0.2, 0.25) is 0 Å². The molecule has 2 saturated heterocycles. The number of amides is 1. The standard InChI is InChI=1S/C24H31FN4O2/c1-18-21(24(30)29-13-4-2-5-14-29)17-26-23(27-18)22-7-3-6-12-28(22)15-16-31-20-10-8-19(25)9-11-20/h8-11,17,22H,2-7,12-16H2,1H3/t22-/m0/s1. The maximum atomic E-state index is 13.1. The van der Waals surface area contributed by atoms with Gasteiger partial charge >= 0.3 is 0 Å². The van der Waals surface area contributed by atoms with Gasteiger partial charge in [0.15, 0.2) is 0 Å². The number of carbonyl (C=O) groups is 1. The van der Waals surface area contributed by atoms with Gasteiger partial charge in [0.25, 0.3) is 5.91 Å². The first kappa shape index (κ1) is 21.7. The Kier molecular flexibility index (Phi) is 7.12. The summed E-state index contributed by atoms with van der Waals surface area (Å²) in [5.74, 6) is 1.24. The van der Waals surface area contributed by atoms with E-state index >= 15 is 0 Å². The maximum Gasteiger partial charge on any atom is 0.257 e. The van der Waals surface area contributed by atoms with Gasteiger partial charge in [-0.25, -0.2) is 14.4 Å². The van der Waals surface area contributed by atoms with Crippen LogP contribution in [-0.2, 0) is 0 Å². The summed E-state index contributed by atoms with van der Waals surface area (Å²) in [5, 5.41) is 0. The molecule has 1 atom stereocenters. The molecule has 166 valence electrons. The minimum Gasteiger partial charge on any atom is -0.492 e. The first-order valence-corrected chi connectivity index (χ1v) is 11.4. The number of piperidine rings is 2. The summed E-state index contributed by atoms with van der Waals surface area (Å²) in [6, 6.07) is 6.23. The molecule has 0 N–H and O–H groups in total. The van der Waals surface area contributed by atoms with Crippen LogP contribution in [0.1, 0.15) is 66.4 Å². The number of nitrogens with zero attached hydrogens (tertiary/aromatic N) is 4. The van der Waals surface area contributed by atoms with Crippen molar-refractivity contribution in [3.8, 4) is 5.75 Å². The van der Waals surface area contributed by atoms with Crippen molar-refractivity contribution in [3.63, 3.8) is 0 Å². The molecule has 2 aliphatic rings. The summed E-state index contributed by atoms with van der Waals surface area (Å²) in [7, 11) is 0. The summed E-state index contributed by atoms with van der Waals surface area (Å²) in [6.07, 6.45) is 8.32. The van der Waals surface area contributed by atoms with Crippen molar-refractivity contribution in [2.45, 2.75) is 51.5 Å². The molecule has 1 amide bonds. The van der Waals surface area contributed by atoms with E-state index < -0.39 is 0 Å². The zero-order chi connectivity index (χ0) is 21.6. The number of carbonyl (C=O) groups excluding carboxylic acids is 1. The summed E-state index contributed by atoms with van der Waals surface area (Å²) in [4.78, 5) is 26.5. The van der Waals surface area contributed by atoms with Crippen LogP contribution in [-0.4, -0.2) is 58.5 Å². The van der Waals surface area contributed by atoms with Crippen LogP contribution in [0.25, 0.3) is 0 Å². The predicted octanol–water partition coefficient (Wildman–Crippen LogP) is 4.16. The number of aromatic nitrogens is 2. The van der Waals surface area contributed by atoms with Gasteiger partial charge in [0.1, 0.15) is 24.0 Å². The highest BCUT2D eigenvalue weighted by atomic mass is 19.1. The highest BCUT2D eigenvalue weighted by Crippen LogP contribution is 2.29. The van der Waals surface area contributed by atoms with Crippen molar-refractivity contribution in [2.75, 3.05) is 32.8 Å². The van der Waals surface area contributed by atoms with Crippen LogP contribution in [0.5, 0.6) is 5.75 Å². The van der Waals surface area contributed by atoms with Gasteiger partial charge in [-0.15, -0.1) is 0 Å². The number of likely N-dealkylation sites (tertiary alicyclic amines) is 2. The van der Waals surface area contributed by atoms with Crippen LogP contribution in [0.4, 0.5) is 4.39 Å². The molecule has 31 heavy (non-hydrogen) atoms. The van der Waals surface area contributed by atoms with E-state index in [0.29, 0.717) is 17.9 Å². The molecule has 0 unspecified atom stereocenters. The van der Waals surface area contributed by atoms with Crippen LogP contribution in [0.15, 0.2) is 30.5 Å². The number of halogens is 1. The summed E-state index contributed by atoms with van der Waals surface area (Å²) < 4.78 is 18.8. The molecule has 0 aliphatic carbocycles. The van der Waals surface area contributed by atoms with E-state index in [1.54, 1.807) is 18.3 Å². The van der Waals surface area contributed by atoms with Crippen molar-refractivity contribution in [1.29, 1.82) is 0 Å². The fourth-order valence-corrected chi connectivity index (χ4v) is 4.49. The van der Waals surface area contributed by atoms with Gasteiger partial charge in [-0.1, -0.05) is 6.42 Å². The lowest BCUT2D eigenvalue weighted by Gasteiger charge is -2.34. The molecule has 1 aromatic carbocycles. The van der Waals surface area contributed by atoms with Crippen LogP contribution in [0.3, 0.4) is 0 Å². The second-order valence-corrected chi connectivity index (χ2v) is 8.43. The molecule has 0 saturated carbocycles. The summed E-state index contributed by atoms with van der Waals surface area (Å²) in [6.45, 7) is 5.79. The smallest absolute Gasteiger partial charge is 0.257 e. The van der Waals surface area contributed by atoms with E-state index in [-0.39, 0.29) is 17.8 Å². The zero-order valence-electron chi connectivity index (χ0n) is 18.2. The molecule has 6 nitrogen and oxygen atoms in total. The van der Waals surface area contributed by atoms with E-state index in [1.165, 1.54) is 18.6 Å². The predicted molar refractivity (Wildman–Crippen MR) is 117 cm³/mol. The van der Waals surface area contributed by atoms with Gasteiger partial charge in [-0.2, -0.15) is 0 Å². The Morgan fingerprint density at radius 2 is 1.84 bits per heavy atom. The lowest BCUT2D eigenvalue weighted by molar-refractivity contribution is 0.0722. The zero-order valence-corrected chi connectivity index (χ0v) is 18.2. The van der Waals surface area contributed by atoms with Crippen LogP contribution in [0, 0.1) is 12.7 Å². The number of benzene rings is 1. The second-order valence-electron chi connectivity index (χ2n) is 8.43. The Balaban J connectivity index is 1.40. The van der Waals surface area contributed by atoms with Gasteiger partial charge in [0.05, 0.1) is 17.3 Å². The fourth-order valence-electron chi connectivity index (χ4n) is 4.49. The molecule has 4 rings (SSSR count). The topological polar surface area (TPSA) is 58.6 Å². The number of ether oxygens (including phenoxy) is 1. The molecular formula is C24H31FN4O2. The quantitative estimate of drug-likeness (QED) is 0.694. The summed E-state index contributed by atoms with van der Waals surface area (Å²) in [5.41, 5.74) is 1.38. The third-order valence-electron chi connectivity index (χ3n) is 6.24. The molecular weight excluding hydrogens is 395 g/mol.